The third-order valence-corrected chi connectivity index (χ3v) is 1.93. The molecule has 0 radical (unpaired) electrons. The fourth-order valence-electron chi connectivity index (χ4n) is 1.28. The molecule has 0 bridgehead atoms. The molecule has 3 nitrogen and oxygen atoms in total. The molecular weight excluding hydrogens is 152 g/mol. The lowest BCUT2D eigenvalue weighted by atomic mass is 10.2. The van der Waals surface area contributed by atoms with Gasteiger partial charge in [-0.15, -0.1) is 0 Å². The van der Waals surface area contributed by atoms with Crippen molar-refractivity contribution in [3.8, 4) is 0 Å². The van der Waals surface area contributed by atoms with E-state index in [1.165, 1.54) is 0 Å². The summed E-state index contributed by atoms with van der Waals surface area (Å²) in [6.45, 7) is 9.34. The molecule has 0 spiro atoms. The topological polar surface area (TPSA) is 33.3 Å². The van der Waals surface area contributed by atoms with Crippen LogP contribution in [0.4, 0.5) is 0 Å². The summed E-state index contributed by atoms with van der Waals surface area (Å²) in [5, 5.41) is 6.70. The van der Waals surface area contributed by atoms with E-state index < -0.39 is 0 Å². The minimum absolute atomic E-state index is 0.373. The van der Waals surface area contributed by atoms with Gasteiger partial charge in [-0.05, 0) is 12.5 Å². The molecule has 0 amide bonds. The molecule has 1 aliphatic heterocycles. The van der Waals surface area contributed by atoms with Crippen LogP contribution >= 0.6 is 0 Å². The lowest BCUT2D eigenvalue weighted by molar-refractivity contribution is 0.0289. The van der Waals surface area contributed by atoms with Crippen molar-refractivity contribution in [1.82, 2.24) is 10.6 Å². The zero-order valence-electron chi connectivity index (χ0n) is 8.10. The molecule has 0 aliphatic carbocycles. The standard InChI is InChI=1S/C9H20N2O/c1-8(2)5-11-7-9-6-10-3-4-12-9/h8-11H,3-7H2,1-2H3. The zero-order chi connectivity index (χ0) is 8.81. The Balaban J connectivity index is 1.98. The molecule has 1 saturated heterocycles. The summed E-state index contributed by atoms with van der Waals surface area (Å²) in [5.41, 5.74) is 0. The summed E-state index contributed by atoms with van der Waals surface area (Å²) in [5.74, 6) is 0.724. The third kappa shape index (κ3) is 4.04. The SMILES string of the molecule is CC(C)CNCC1CNCCO1. The van der Waals surface area contributed by atoms with E-state index in [-0.39, 0.29) is 0 Å². The molecular formula is C9H20N2O. The second-order valence-corrected chi connectivity index (χ2v) is 3.75. The first-order chi connectivity index (χ1) is 5.79. The Kier molecular flexibility index (Phi) is 4.58. The minimum atomic E-state index is 0.373. The Morgan fingerprint density at radius 1 is 1.58 bits per heavy atom. The smallest absolute Gasteiger partial charge is 0.0824 e. The summed E-state index contributed by atoms with van der Waals surface area (Å²) >= 11 is 0. The summed E-state index contributed by atoms with van der Waals surface area (Å²) in [6.07, 6.45) is 0.373. The first-order valence-electron chi connectivity index (χ1n) is 4.82. The molecule has 0 saturated carbocycles. The van der Waals surface area contributed by atoms with Crippen molar-refractivity contribution in [3.63, 3.8) is 0 Å². The molecule has 1 heterocycles. The van der Waals surface area contributed by atoms with Gasteiger partial charge < -0.3 is 15.4 Å². The van der Waals surface area contributed by atoms with Gasteiger partial charge in [0.05, 0.1) is 12.7 Å². The highest BCUT2D eigenvalue weighted by Crippen LogP contribution is 1.94. The monoisotopic (exact) mass is 172 g/mol. The summed E-state index contributed by atoms with van der Waals surface area (Å²) < 4.78 is 5.53. The first-order valence-corrected chi connectivity index (χ1v) is 4.82. The van der Waals surface area contributed by atoms with Crippen molar-refractivity contribution in [1.29, 1.82) is 0 Å². The number of rotatable bonds is 4. The van der Waals surface area contributed by atoms with Gasteiger partial charge in [0, 0.05) is 19.6 Å². The van der Waals surface area contributed by atoms with Crippen molar-refractivity contribution in [2.75, 3.05) is 32.8 Å². The average molecular weight is 172 g/mol. The van der Waals surface area contributed by atoms with Gasteiger partial charge in [-0.1, -0.05) is 13.8 Å². The Morgan fingerprint density at radius 2 is 2.42 bits per heavy atom. The van der Waals surface area contributed by atoms with E-state index in [0.717, 1.165) is 38.7 Å². The highest BCUT2D eigenvalue weighted by atomic mass is 16.5. The van der Waals surface area contributed by atoms with Crippen molar-refractivity contribution in [2.24, 2.45) is 5.92 Å². The average Bonchev–Trinajstić information content (AvgIpc) is 2.05. The number of hydrogen-bond donors (Lipinski definition) is 2. The molecule has 0 aromatic carbocycles. The Bertz CT molecular complexity index is 111. The van der Waals surface area contributed by atoms with E-state index in [0.29, 0.717) is 6.10 Å². The Hall–Kier alpha value is -0.120. The predicted octanol–water partition coefficient (Wildman–Crippen LogP) is 0.220. The maximum atomic E-state index is 5.53. The lowest BCUT2D eigenvalue weighted by Crippen LogP contribution is -2.44. The highest BCUT2D eigenvalue weighted by Gasteiger charge is 2.11. The number of hydrogen-bond acceptors (Lipinski definition) is 3. The van der Waals surface area contributed by atoms with Crippen LogP contribution in [0.25, 0.3) is 0 Å². The maximum Gasteiger partial charge on any atom is 0.0824 e. The normalized spacial score (nSPS) is 24.8. The van der Waals surface area contributed by atoms with Crippen molar-refractivity contribution in [3.05, 3.63) is 0 Å². The van der Waals surface area contributed by atoms with Crippen molar-refractivity contribution < 1.29 is 4.74 Å². The van der Waals surface area contributed by atoms with Crippen LogP contribution in [0.15, 0.2) is 0 Å². The third-order valence-electron chi connectivity index (χ3n) is 1.93. The van der Waals surface area contributed by atoms with Gasteiger partial charge in [-0.25, -0.2) is 0 Å². The second-order valence-electron chi connectivity index (χ2n) is 3.75. The maximum absolute atomic E-state index is 5.53. The first kappa shape index (κ1) is 9.96. The van der Waals surface area contributed by atoms with Crippen molar-refractivity contribution >= 4 is 0 Å². The zero-order valence-corrected chi connectivity index (χ0v) is 8.10. The molecule has 1 atom stereocenters. The summed E-state index contributed by atoms with van der Waals surface area (Å²) in [4.78, 5) is 0. The fourth-order valence-corrected chi connectivity index (χ4v) is 1.28. The molecule has 3 heteroatoms. The van der Waals surface area contributed by atoms with Crippen LogP contribution < -0.4 is 10.6 Å². The van der Waals surface area contributed by atoms with E-state index in [2.05, 4.69) is 24.5 Å². The van der Waals surface area contributed by atoms with Crippen LogP contribution in [0, 0.1) is 5.92 Å². The molecule has 2 N–H and O–H groups in total. The quantitative estimate of drug-likeness (QED) is 0.636. The molecule has 0 aromatic heterocycles. The molecule has 1 fully saturated rings. The molecule has 1 rings (SSSR count). The van der Waals surface area contributed by atoms with E-state index in [9.17, 15) is 0 Å². The van der Waals surface area contributed by atoms with Crippen LogP contribution in [0.3, 0.4) is 0 Å². The van der Waals surface area contributed by atoms with E-state index >= 15 is 0 Å². The molecule has 1 unspecified atom stereocenters. The van der Waals surface area contributed by atoms with Gasteiger partial charge in [-0.2, -0.15) is 0 Å². The second kappa shape index (κ2) is 5.51. The molecule has 72 valence electrons. The Labute approximate surface area is 74.9 Å². The molecule has 12 heavy (non-hydrogen) atoms. The van der Waals surface area contributed by atoms with E-state index in [4.69, 9.17) is 4.74 Å². The van der Waals surface area contributed by atoms with Crippen LogP contribution in [0.5, 0.6) is 0 Å². The Morgan fingerprint density at radius 3 is 3.00 bits per heavy atom. The van der Waals surface area contributed by atoms with Gasteiger partial charge in [0.25, 0.3) is 0 Å². The van der Waals surface area contributed by atoms with E-state index in [1.54, 1.807) is 0 Å². The van der Waals surface area contributed by atoms with Crippen LogP contribution in [0.1, 0.15) is 13.8 Å². The predicted molar refractivity (Wildman–Crippen MR) is 50.3 cm³/mol. The molecule has 0 aromatic rings. The van der Waals surface area contributed by atoms with Gasteiger partial charge in [0.1, 0.15) is 0 Å². The van der Waals surface area contributed by atoms with Gasteiger partial charge in [0.2, 0.25) is 0 Å². The van der Waals surface area contributed by atoms with Crippen LogP contribution in [0.2, 0.25) is 0 Å². The van der Waals surface area contributed by atoms with Crippen LogP contribution in [-0.4, -0.2) is 38.9 Å². The summed E-state index contributed by atoms with van der Waals surface area (Å²) in [7, 11) is 0. The lowest BCUT2D eigenvalue weighted by Gasteiger charge is -2.24. The minimum Gasteiger partial charge on any atom is -0.374 e. The summed E-state index contributed by atoms with van der Waals surface area (Å²) in [6, 6.07) is 0. The van der Waals surface area contributed by atoms with Gasteiger partial charge in [-0.3, -0.25) is 0 Å². The number of ether oxygens (including phenoxy) is 1. The fraction of sp³-hybridized carbons (Fsp3) is 1.00. The van der Waals surface area contributed by atoms with E-state index in [1.807, 2.05) is 0 Å². The number of morpholine rings is 1. The van der Waals surface area contributed by atoms with Gasteiger partial charge in [0.15, 0.2) is 0 Å². The van der Waals surface area contributed by atoms with Crippen molar-refractivity contribution in [2.45, 2.75) is 20.0 Å². The largest absolute Gasteiger partial charge is 0.374 e. The molecule has 1 aliphatic rings. The van der Waals surface area contributed by atoms with Crippen LogP contribution in [-0.2, 0) is 4.74 Å². The highest BCUT2D eigenvalue weighted by molar-refractivity contribution is 4.69. The number of nitrogens with one attached hydrogen (secondary N) is 2. The van der Waals surface area contributed by atoms with Gasteiger partial charge >= 0.3 is 0 Å².